The summed E-state index contributed by atoms with van der Waals surface area (Å²) in [7, 11) is 0. The van der Waals surface area contributed by atoms with Gasteiger partial charge in [-0.1, -0.05) is 67.1 Å². The fraction of sp³-hybridized carbons (Fsp3) is 0.304. The monoisotopic (exact) mass is 331 g/mol. The molecule has 0 saturated heterocycles. The number of benzene rings is 3. The number of hydrogen-bond acceptors (Lipinski definition) is 2. The van der Waals surface area contributed by atoms with E-state index < -0.39 is 11.3 Å². The minimum absolute atomic E-state index is 0.461. The summed E-state index contributed by atoms with van der Waals surface area (Å²) in [6.07, 6.45) is 0.981. The van der Waals surface area contributed by atoms with E-state index in [2.05, 4.69) is 76.2 Å². The Balaban J connectivity index is 2.12. The molecule has 1 heterocycles. The van der Waals surface area contributed by atoms with Gasteiger partial charge in [0.1, 0.15) is 0 Å². The van der Waals surface area contributed by atoms with Crippen molar-refractivity contribution in [1.82, 2.24) is 0 Å². The quantitative estimate of drug-likeness (QED) is 0.706. The van der Waals surface area contributed by atoms with Crippen LogP contribution in [0.3, 0.4) is 0 Å². The summed E-state index contributed by atoms with van der Waals surface area (Å²) < 4.78 is 6.64. The molecule has 0 bridgehead atoms. The number of hydrogen-bond donors (Lipinski definition) is 1. The highest BCUT2D eigenvalue weighted by molar-refractivity contribution is 5.92. The zero-order chi connectivity index (χ0) is 17.8. The SMILES string of the molecule is CCc1ccc2cccc3c2c1C(C)(C)OC3(N)c1cccc(C)c1. The van der Waals surface area contributed by atoms with Crippen molar-refractivity contribution in [2.45, 2.75) is 45.4 Å². The second-order valence-corrected chi connectivity index (χ2v) is 7.57. The predicted octanol–water partition coefficient (Wildman–Crippen LogP) is 5.14. The molecule has 2 nitrogen and oxygen atoms in total. The summed E-state index contributed by atoms with van der Waals surface area (Å²) >= 11 is 0. The molecule has 0 saturated carbocycles. The molecule has 25 heavy (non-hydrogen) atoms. The summed E-state index contributed by atoms with van der Waals surface area (Å²) in [5.74, 6) is 0. The molecule has 1 aliphatic heterocycles. The van der Waals surface area contributed by atoms with E-state index in [0.29, 0.717) is 0 Å². The van der Waals surface area contributed by atoms with Crippen molar-refractivity contribution in [3.63, 3.8) is 0 Å². The molecule has 0 amide bonds. The molecule has 3 aromatic carbocycles. The first-order valence-corrected chi connectivity index (χ1v) is 8.98. The van der Waals surface area contributed by atoms with Crippen molar-refractivity contribution in [1.29, 1.82) is 0 Å². The maximum Gasteiger partial charge on any atom is 0.170 e. The highest BCUT2D eigenvalue weighted by Gasteiger charge is 2.45. The highest BCUT2D eigenvalue weighted by atomic mass is 16.5. The smallest absolute Gasteiger partial charge is 0.170 e. The largest absolute Gasteiger partial charge is 0.342 e. The van der Waals surface area contributed by atoms with Crippen LogP contribution in [0.1, 0.15) is 48.6 Å². The van der Waals surface area contributed by atoms with Gasteiger partial charge in [0, 0.05) is 11.1 Å². The van der Waals surface area contributed by atoms with Crippen LogP contribution < -0.4 is 5.73 Å². The van der Waals surface area contributed by atoms with Gasteiger partial charge in [0.2, 0.25) is 0 Å². The summed E-state index contributed by atoms with van der Waals surface area (Å²) in [5.41, 5.74) is 11.4. The maximum atomic E-state index is 6.96. The lowest BCUT2D eigenvalue weighted by Gasteiger charge is -2.45. The average Bonchev–Trinajstić information content (AvgIpc) is 2.58. The predicted molar refractivity (Wildman–Crippen MR) is 104 cm³/mol. The first-order valence-electron chi connectivity index (χ1n) is 8.98. The van der Waals surface area contributed by atoms with E-state index in [-0.39, 0.29) is 0 Å². The molecule has 2 N–H and O–H groups in total. The molecule has 0 aromatic heterocycles. The minimum Gasteiger partial charge on any atom is -0.342 e. The first kappa shape index (κ1) is 16.3. The second-order valence-electron chi connectivity index (χ2n) is 7.57. The Hall–Kier alpha value is -2.16. The Bertz CT molecular complexity index is 973. The van der Waals surface area contributed by atoms with E-state index in [0.717, 1.165) is 17.5 Å². The third-order valence-electron chi connectivity index (χ3n) is 5.38. The minimum atomic E-state index is -0.950. The molecule has 4 rings (SSSR count). The summed E-state index contributed by atoms with van der Waals surface area (Å²) in [4.78, 5) is 0. The van der Waals surface area contributed by atoms with Gasteiger partial charge in [-0.05, 0) is 49.1 Å². The molecule has 1 unspecified atom stereocenters. The van der Waals surface area contributed by atoms with Crippen LogP contribution in [-0.2, 0) is 22.5 Å². The fourth-order valence-electron chi connectivity index (χ4n) is 4.31. The summed E-state index contributed by atoms with van der Waals surface area (Å²) in [6.45, 7) is 8.55. The van der Waals surface area contributed by atoms with Crippen LogP contribution in [0.15, 0.2) is 54.6 Å². The zero-order valence-corrected chi connectivity index (χ0v) is 15.4. The molecular formula is C23H25NO. The van der Waals surface area contributed by atoms with Crippen molar-refractivity contribution in [2.24, 2.45) is 5.73 Å². The molecule has 0 spiro atoms. The first-order chi connectivity index (χ1) is 11.9. The van der Waals surface area contributed by atoms with Crippen molar-refractivity contribution < 1.29 is 4.74 Å². The Morgan fingerprint density at radius 2 is 1.76 bits per heavy atom. The van der Waals surface area contributed by atoms with Crippen LogP contribution in [0.25, 0.3) is 10.8 Å². The van der Waals surface area contributed by atoms with Crippen LogP contribution in [0.4, 0.5) is 0 Å². The Kier molecular flexibility index (Phi) is 3.54. The van der Waals surface area contributed by atoms with Gasteiger partial charge in [-0.2, -0.15) is 0 Å². The van der Waals surface area contributed by atoms with Crippen LogP contribution in [-0.4, -0.2) is 0 Å². The zero-order valence-electron chi connectivity index (χ0n) is 15.4. The van der Waals surface area contributed by atoms with Gasteiger partial charge in [0.05, 0.1) is 5.60 Å². The lowest BCUT2D eigenvalue weighted by atomic mass is 9.78. The van der Waals surface area contributed by atoms with E-state index in [4.69, 9.17) is 10.5 Å². The molecule has 0 radical (unpaired) electrons. The highest BCUT2D eigenvalue weighted by Crippen LogP contribution is 2.48. The topological polar surface area (TPSA) is 35.2 Å². The van der Waals surface area contributed by atoms with E-state index in [1.165, 1.54) is 27.5 Å². The molecule has 1 aliphatic rings. The molecule has 2 heteroatoms. The second kappa shape index (κ2) is 5.42. The van der Waals surface area contributed by atoms with Crippen LogP contribution in [0.2, 0.25) is 0 Å². The van der Waals surface area contributed by atoms with Crippen LogP contribution >= 0.6 is 0 Å². The van der Waals surface area contributed by atoms with Crippen molar-refractivity contribution in [3.05, 3.63) is 82.4 Å². The molecular weight excluding hydrogens is 306 g/mol. The molecule has 0 fully saturated rings. The third kappa shape index (κ3) is 2.32. The molecule has 0 aliphatic carbocycles. The lowest BCUT2D eigenvalue weighted by molar-refractivity contribution is -0.130. The van der Waals surface area contributed by atoms with Gasteiger partial charge in [-0.25, -0.2) is 0 Å². The number of rotatable bonds is 2. The van der Waals surface area contributed by atoms with E-state index in [9.17, 15) is 0 Å². The molecule has 1 atom stereocenters. The molecule has 3 aromatic rings. The van der Waals surface area contributed by atoms with Crippen LogP contribution in [0.5, 0.6) is 0 Å². The van der Waals surface area contributed by atoms with Gasteiger partial charge in [-0.15, -0.1) is 0 Å². The van der Waals surface area contributed by atoms with Gasteiger partial charge in [0.15, 0.2) is 5.72 Å². The normalized spacial score (nSPS) is 21.5. The third-order valence-corrected chi connectivity index (χ3v) is 5.38. The lowest BCUT2D eigenvalue weighted by Crippen LogP contribution is -2.49. The number of aryl methyl sites for hydroxylation is 2. The van der Waals surface area contributed by atoms with Crippen LogP contribution in [0, 0.1) is 6.92 Å². The Morgan fingerprint density at radius 1 is 1.00 bits per heavy atom. The van der Waals surface area contributed by atoms with E-state index >= 15 is 0 Å². The standard InChI is InChI=1S/C23H25NO/c1-5-16-12-13-17-9-7-11-19-20(17)21(16)22(3,4)25-23(19,24)18-10-6-8-15(2)14-18/h6-14H,5,24H2,1-4H3. The number of nitrogens with two attached hydrogens (primary N) is 1. The fourth-order valence-corrected chi connectivity index (χ4v) is 4.31. The van der Waals surface area contributed by atoms with E-state index in [1.807, 2.05) is 6.07 Å². The van der Waals surface area contributed by atoms with Gasteiger partial charge in [0.25, 0.3) is 0 Å². The maximum absolute atomic E-state index is 6.96. The van der Waals surface area contributed by atoms with Gasteiger partial charge in [-0.3, -0.25) is 5.73 Å². The van der Waals surface area contributed by atoms with Gasteiger partial charge < -0.3 is 4.74 Å². The van der Waals surface area contributed by atoms with E-state index in [1.54, 1.807) is 0 Å². The van der Waals surface area contributed by atoms with Crippen molar-refractivity contribution >= 4 is 10.8 Å². The molecule has 128 valence electrons. The van der Waals surface area contributed by atoms with Crippen molar-refractivity contribution in [2.75, 3.05) is 0 Å². The Morgan fingerprint density at radius 3 is 2.48 bits per heavy atom. The average molecular weight is 331 g/mol. The summed E-state index contributed by atoms with van der Waals surface area (Å²) in [6, 6.07) is 19.1. The Labute approximate surface area is 149 Å². The summed E-state index contributed by atoms with van der Waals surface area (Å²) in [5, 5.41) is 2.48. The number of ether oxygens (including phenoxy) is 1. The van der Waals surface area contributed by atoms with Crippen molar-refractivity contribution in [3.8, 4) is 0 Å². The van der Waals surface area contributed by atoms with Gasteiger partial charge >= 0.3 is 0 Å².